The van der Waals surface area contributed by atoms with Gasteiger partial charge in [0.1, 0.15) is 23.7 Å². The molecule has 6 nitrogen and oxygen atoms in total. The van der Waals surface area contributed by atoms with Crippen LogP contribution in [0.3, 0.4) is 0 Å². The summed E-state index contributed by atoms with van der Waals surface area (Å²) in [5, 5.41) is 0. The van der Waals surface area contributed by atoms with Crippen molar-refractivity contribution in [2.24, 2.45) is 10.7 Å². The molecule has 0 amide bonds. The van der Waals surface area contributed by atoms with Gasteiger partial charge in [-0.1, -0.05) is 12.1 Å². The van der Waals surface area contributed by atoms with E-state index in [0.29, 0.717) is 39.1 Å². The van der Waals surface area contributed by atoms with Crippen LogP contribution in [0.1, 0.15) is 11.1 Å². The highest BCUT2D eigenvalue weighted by Crippen LogP contribution is 2.51. The predicted octanol–water partition coefficient (Wildman–Crippen LogP) is 4.96. The minimum Gasteiger partial charge on any atom is -0.438 e. The van der Waals surface area contributed by atoms with Gasteiger partial charge in [-0.25, -0.2) is 18.7 Å². The first-order valence-electron chi connectivity index (χ1n) is 10.8. The highest BCUT2D eigenvalue weighted by atomic mass is 19.2. The van der Waals surface area contributed by atoms with Crippen molar-refractivity contribution in [3.63, 3.8) is 0 Å². The van der Waals surface area contributed by atoms with Gasteiger partial charge in [-0.15, -0.1) is 0 Å². The number of rotatable bonds is 2. The van der Waals surface area contributed by atoms with Crippen molar-refractivity contribution in [2.45, 2.75) is 5.54 Å². The summed E-state index contributed by atoms with van der Waals surface area (Å²) in [5.41, 5.74) is 7.98. The van der Waals surface area contributed by atoms with Crippen LogP contribution in [0.4, 0.5) is 13.2 Å². The largest absolute Gasteiger partial charge is 0.438 e. The molecule has 9 heteroatoms. The van der Waals surface area contributed by atoms with Gasteiger partial charge in [0.25, 0.3) is 0 Å². The number of aliphatic imine (C=N–C) groups is 1. The zero-order valence-corrected chi connectivity index (χ0v) is 18.1. The quantitative estimate of drug-likeness (QED) is 0.415. The summed E-state index contributed by atoms with van der Waals surface area (Å²) in [6.45, 7) is 0.277. The molecule has 4 aromatic rings. The van der Waals surface area contributed by atoms with Crippen LogP contribution in [-0.4, -0.2) is 29.0 Å². The number of nitrogens with zero attached hydrogens (tertiary/aromatic N) is 3. The SMILES string of the molecule is NC1=N[C@@]2(COC1)c1cc(-c3cccnc3F)ccc1Oc1ncc(-c3ccc(F)c(F)c3)cc12. The van der Waals surface area contributed by atoms with Gasteiger partial charge < -0.3 is 15.2 Å². The van der Waals surface area contributed by atoms with Crippen LogP contribution in [-0.2, 0) is 10.3 Å². The third kappa shape index (κ3) is 3.43. The van der Waals surface area contributed by atoms with E-state index in [4.69, 9.17) is 20.2 Å². The zero-order valence-electron chi connectivity index (χ0n) is 18.1. The van der Waals surface area contributed by atoms with Gasteiger partial charge in [-0.3, -0.25) is 4.99 Å². The first-order valence-corrected chi connectivity index (χ1v) is 10.8. The van der Waals surface area contributed by atoms with Crippen molar-refractivity contribution in [1.29, 1.82) is 0 Å². The molecule has 1 spiro atoms. The minimum atomic E-state index is -1.14. The molecule has 0 aliphatic carbocycles. The summed E-state index contributed by atoms with van der Waals surface area (Å²) >= 11 is 0. The number of fused-ring (bicyclic) bond motifs is 4. The molecule has 35 heavy (non-hydrogen) atoms. The summed E-state index contributed by atoms with van der Waals surface area (Å²) in [7, 11) is 0. The summed E-state index contributed by atoms with van der Waals surface area (Å²) in [6.07, 6.45) is 2.89. The number of benzene rings is 2. The third-order valence-electron chi connectivity index (χ3n) is 6.15. The molecule has 6 rings (SSSR count). The van der Waals surface area contributed by atoms with E-state index in [2.05, 4.69) is 9.97 Å². The van der Waals surface area contributed by atoms with E-state index >= 15 is 0 Å². The van der Waals surface area contributed by atoms with E-state index in [9.17, 15) is 13.2 Å². The predicted molar refractivity (Wildman–Crippen MR) is 123 cm³/mol. The van der Waals surface area contributed by atoms with Crippen LogP contribution in [0.2, 0.25) is 0 Å². The van der Waals surface area contributed by atoms with Crippen molar-refractivity contribution in [3.05, 3.63) is 95.7 Å². The van der Waals surface area contributed by atoms with Crippen LogP contribution in [0.15, 0.2) is 72.0 Å². The van der Waals surface area contributed by atoms with Gasteiger partial charge in [-0.2, -0.15) is 4.39 Å². The molecule has 0 saturated heterocycles. The Hall–Kier alpha value is -4.24. The van der Waals surface area contributed by atoms with Crippen LogP contribution in [0, 0.1) is 17.6 Å². The highest BCUT2D eigenvalue weighted by molar-refractivity contribution is 5.84. The Morgan fingerprint density at radius 2 is 1.69 bits per heavy atom. The Morgan fingerprint density at radius 1 is 0.857 bits per heavy atom. The van der Waals surface area contributed by atoms with E-state index < -0.39 is 23.1 Å². The zero-order chi connectivity index (χ0) is 24.2. The first kappa shape index (κ1) is 21.3. The maximum absolute atomic E-state index is 14.5. The fraction of sp³-hybridized carbons (Fsp3) is 0.115. The Labute approximate surface area is 197 Å². The van der Waals surface area contributed by atoms with Crippen molar-refractivity contribution in [2.75, 3.05) is 13.2 Å². The second-order valence-corrected chi connectivity index (χ2v) is 8.32. The number of pyridine rings is 2. The van der Waals surface area contributed by atoms with Crippen molar-refractivity contribution in [1.82, 2.24) is 9.97 Å². The Kier molecular flexibility index (Phi) is 4.82. The van der Waals surface area contributed by atoms with Crippen LogP contribution >= 0.6 is 0 Å². The van der Waals surface area contributed by atoms with E-state index in [0.717, 1.165) is 12.1 Å². The van der Waals surface area contributed by atoms with Gasteiger partial charge in [0.2, 0.25) is 11.8 Å². The van der Waals surface area contributed by atoms with E-state index in [1.54, 1.807) is 36.4 Å². The van der Waals surface area contributed by atoms with Gasteiger partial charge in [-0.05, 0) is 53.6 Å². The normalized spacial score (nSPS) is 18.4. The number of hydrogen-bond donors (Lipinski definition) is 1. The number of nitrogens with two attached hydrogens (primary N) is 1. The number of halogens is 3. The molecule has 2 aromatic carbocycles. The lowest BCUT2D eigenvalue weighted by atomic mass is 9.80. The molecule has 174 valence electrons. The minimum absolute atomic E-state index is 0.124. The Morgan fingerprint density at radius 3 is 2.49 bits per heavy atom. The summed E-state index contributed by atoms with van der Waals surface area (Å²) in [6, 6.07) is 13.9. The first-order chi connectivity index (χ1) is 16.9. The van der Waals surface area contributed by atoms with Gasteiger partial charge in [0.15, 0.2) is 11.6 Å². The van der Waals surface area contributed by atoms with Crippen molar-refractivity contribution < 1.29 is 22.6 Å². The molecule has 2 aromatic heterocycles. The second kappa shape index (κ2) is 7.92. The number of hydrogen-bond acceptors (Lipinski definition) is 6. The van der Waals surface area contributed by atoms with Gasteiger partial charge in [0.05, 0.1) is 6.61 Å². The molecule has 2 aliphatic heterocycles. The third-order valence-corrected chi connectivity index (χ3v) is 6.15. The maximum Gasteiger partial charge on any atom is 0.225 e. The van der Waals surface area contributed by atoms with Crippen LogP contribution in [0.25, 0.3) is 22.3 Å². The molecule has 2 aliphatic rings. The van der Waals surface area contributed by atoms with E-state index in [1.165, 1.54) is 18.5 Å². The number of amidine groups is 1. The average Bonchev–Trinajstić information content (AvgIpc) is 2.86. The second-order valence-electron chi connectivity index (χ2n) is 8.32. The lowest BCUT2D eigenvalue weighted by molar-refractivity contribution is 0.109. The lowest BCUT2D eigenvalue weighted by Gasteiger charge is -2.39. The molecular formula is C26H17F3N4O2. The molecule has 4 heterocycles. The maximum atomic E-state index is 14.5. The Balaban J connectivity index is 1.57. The fourth-order valence-corrected chi connectivity index (χ4v) is 4.51. The molecule has 0 unspecified atom stereocenters. The number of aromatic nitrogens is 2. The topological polar surface area (TPSA) is 82.6 Å². The van der Waals surface area contributed by atoms with Crippen molar-refractivity contribution >= 4 is 5.84 Å². The summed E-state index contributed by atoms with van der Waals surface area (Å²) in [5.74, 6) is -1.49. The molecule has 0 saturated carbocycles. The average molecular weight is 474 g/mol. The molecule has 0 bridgehead atoms. The smallest absolute Gasteiger partial charge is 0.225 e. The van der Waals surface area contributed by atoms with E-state index in [-0.39, 0.29) is 24.9 Å². The molecule has 0 radical (unpaired) electrons. The highest BCUT2D eigenvalue weighted by Gasteiger charge is 2.45. The molecule has 1 atom stereocenters. The van der Waals surface area contributed by atoms with Gasteiger partial charge >= 0.3 is 0 Å². The van der Waals surface area contributed by atoms with E-state index in [1.807, 2.05) is 0 Å². The Bertz CT molecular complexity index is 1520. The van der Waals surface area contributed by atoms with Crippen LogP contribution < -0.4 is 10.5 Å². The van der Waals surface area contributed by atoms with Gasteiger partial charge in [0, 0.05) is 34.6 Å². The molecule has 2 N–H and O–H groups in total. The molecular weight excluding hydrogens is 457 g/mol. The standard InChI is InChI=1S/C26H17F3N4O2/c27-20-5-3-14(10-21(20)28)16-9-19-25(32-11-16)35-22-6-4-15(17-2-1-7-31-24(17)29)8-18(22)26(19)13-34-12-23(30)33-26/h1-11H,12-13H2,(H2,30,33)/t26-/m0/s1. The summed E-state index contributed by atoms with van der Waals surface area (Å²) < 4.78 is 53.8. The lowest BCUT2D eigenvalue weighted by Crippen LogP contribution is -2.42. The van der Waals surface area contributed by atoms with Crippen molar-refractivity contribution in [3.8, 4) is 33.9 Å². The summed E-state index contributed by atoms with van der Waals surface area (Å²) in [4.78, 5) is 13.0. The number of ether oxygens (including phenoxy) is 2. The van der Waals surface area contributed by atoms with Crippen LogP contribution in [0.5, 0.6) is 11.6 Å². The fourth-order valence-electron chi connectivity index (χ4n) is 4.51. The monoisotopic (exact) mass is 474 g/mol. The molecule has 0 fully saturated rings.